The number of fused-ring (bicyclic) bond motifs is 6. The molecule has 18 heterocycles. The SMILES string of the molecule is C[C@@]1(O)C(O)[C@@H](CO)O[C@H]1n1cc(-c2cc3ccccc3o2)c2c(N)ncnc21.C[C@@]1(O)C(O)[C@@H](CO)O[C@H]1n1cc(-c2ccoc2)c2c(N)ncnc21.C[C@@]1(O)C(O)[C@@H](CO)O[C@H]1n1cc(-c2ccsc2)c2c(N)ncnc21.C[C@@]1(O)C(O)[C@@H](CO)O[C@H]1n1cc(C2=CC=CC2)c2c(N)ncnc21.C[C@@]1(O)C(O)[C@@H](CO)O[C@H]1n1cc(C2=CC=CC2)c2c(N)ncnc21. The molecule has 42 nitrogen and oxygen atoms in total. The van der Waals surface area contributed by atoms with Crippen LogP contribution in [-0.2, 0) is 23.7 Å². The zero-order valence-electron chi connectivity index (χ0n) is 69.8. The Morgan fingerprint density at radius 3 is 0.992 bits per heavy atom. The van der Waals surface area contributed by atoms with Gasteiger partial charge in [-0.15, -0.1) is 0 Å². The highest BCUT2D eigenvalue weighted by Gasteiger charge is 2.58. The Balaban J connectivity index is 0.000000113. The van der Waals surface area contributed by atoms with Crippen LogP contribution in [0, 0.1) is 0 Å². The first-order valence-electron chi connectivity index (χ1n) is 40.9. The molecule has 5 unspecified atom stereocenters. The minimum absolute atomic E-state index is 0.251. The number of nitrogens with two attached hydrogens (primary N) is 5. The Kier molecular flexibility index (Phi) is 23.8. The summed E-state index contributed by atoms with van der Waals surface area (Å²) in [5.41, 5.74) is 33.1. The Hall–Kier alpha value is -12.0. The van der Waals surface area contributed by atoms with Gasteiger partial charge in [-0.3, -0.25) is 0 Å². The number of ether oxygens (including phenoxy) is 5. The monoisotopic (exact) mass is 1790 g/mol. The fourth-order valence-electron chi connectivity index (χ4n) is 17.7. The van der Waals surface area contributed by atoms with Crippen LogP contribution in [0.5, 0.6) is 0 Å². The van der Waals surface area contributed by atoms with Gasteiger partial charge in [0.15, 0.2) is 31.1 Å². The van der Waals surface area contributed by atoms with Crippen molar-refractivity contribution in [1.82, 2.24) is 72.7 Å². The molecule has 2 aliphatic carbocycles. The Morgan fingerprint density at radius 2 is 0.705 bits per heavy atom. The average molecular weight is 1790 g/mol. The second-order valence-electron chi connectivity index (χ2n) is 33.3. The summed E-state index contributed by atoms with van der Waals surface area (Å²) in [5, 5.41) is 160. The van der Waals surface area contributed by atoms with Crippen molar-refractivity contribution in [3.8, 4) is 33.6 Å². The lowest BCUT2D eigenvalue weighted by molar-refractivity contribution is -0.0948. The largest absolute Gasteiger partial charge is 0.472 e. The highest BCUT2D eigenvalue weighted by atomic mass is 32.1. The van der Waals surface area contributed by atoms with Crippen LogP contribution in [0.1, 0.15) is 89.7 Å². The van der Waals surface area contributed by atoms with Crippen molar-refractivity contribution in [3.05, 3.63) is 176 Å². The molecule has 5 aliphatic heterocycles. The summed E-state index contributed by atoms with van der Waals surface area (Å²) in [4.78, 5) is 41.8. The van der Waals surface area contributed by atoms with Gasteiger partial charge < -0.3 is 161 Å². The van der Waals surface area contributed by atoms with Crippen LogP contribution < -0.4 is 28.7 Å². The molecule has 43 heteroatoms. The summed E-state index contributed by atoms with van der Waals surface area (Å²) in [7, 11) is 0. The maximum atomic E-state index is 10.9. The van der Waals surface area contributed by atoms with Crippen LogP contribution in [0.15, 0.2) is 174 Å². The molecule has 7 aliphatic rings. The van der Waals surface area contributed by atoms with E-state index in [1.54, 1.807) is 77.5 Å². The number of hydrogen-bond donors (Lipinski definition) is 20. The molecule has 13 aromatic heterocycles. The quantitative estimate of drug-likeness (QED) is 0.0701. The average Bonchev–Trinajstić information content (AvgIpc) is 1.61. The van der Waals surface area contributed by atoms with E-state index in [0.717, 1.165) is 62.8 Å². The van der Waals surface area contributed by atoms with Crippen LogP contribution in [0.25, 0.3) is 111 Å². The van der Waals surface area contributed by atoms with Crippen molar-refractivity contribution in [2.75, 3.05) is 61.7 Å². The summed E-state index contributed by atoms with van der Waals surface area (Å²) in [6.07, 6.45) is 16.7. The molecule has 678 valence electrons. The van der Waals surface area contributed by atoms with Crippen LogP contribution in [-0.4, -0.2) is 271 Å². The Labute approximate surface area is 734 Å². The third-order valence-electron chi connectivity index (χ3n) is 24.7. The molecule has 21 rings (SSSR count). The number of aliphatic hydroxyl groups is 15. The van der Waals surface area contributed by atoms with E-state index in [4.69, 9.17) is 61.2 Å². The van der Waals surface area contributed by atoms with Crippen molar-refractivity contribution in [3.63, 3.8) is 0 Å². The number of para-hydroxylation sites is 1. The van der Waals surface area contributed by atoms with Crippen LogP contribution in [0.3, 0.4) is 0 Å². The summed E-state index contributed by atoms with van der Waals surface area (Å²) in [6.45, 7) is 5.29. The number of aliphatic hydroxyl groups excluding tert-OH is 10. The lowest BCUT2D eigenvalue weighted by Gasteiger charge is -2.27. The lowest BCUT2D eigenvalue weighted by Crippen LogP contribution is -2.44. The first-order valence-corrected chi connectivity index (χ1v) is 41.8. The second kappa shape index (κ2) is 34.5. The van der Waals surface area contributed by atoms with E-state index in [1.165, 1.54) is 72.5 Å². The van der Waals surface area contributed by atoms with Gasteiger partial charge in [-0.2, -0.15) is 11.3 Å². The van der Waals surface area contributed by atoms with Crippen molar-refractivity contribution >= 4 is 118 Å². The van der Waals surface area contributed by atoms with Gasteiger partial charge in [0.1, 0.15) is 189 Å². The molecule has 5 saturated heterocycles. The highest BCUT2D eigenvalue weighted by Crippen LogP contribution is 2.50. The van der Waals surface area contributed by atoms with E-state index in [2.05, 4.69) is 49.8 Å². The van der Waals surface area contributed by atoms with Gasteiger partial charge in [0.05, 0.1) is 72.5 Å². The number of furan rings is 2. The van der Waals surface area contributed by atoms with E-state index in [0.29, 0.717) is 89.5 Å². The number of nitrogens with zero attached hydrogens (tertiary/aromatic N) is 15. The Morgan fingerprint density at radius 1 is 0.395 bits per heavy atom. The molecule has 0 amide bonds. The molecular formula is C86H96N20O22S. The number of nitrogen functional groups attached to an aromatic ring is 5. The standard InChI is InChI=1S/C20H20N4O5.2C17H20N4O4.C16H18N4O5.C16H18N4O4S/c1-20(27)16(26)14(8-25)29-19(20)24-7-11(15-17(21)22-9-23-18(15)24)13-6-10-4-2-3-5-12(10)28-13;2*1-17(24)13(23)11(7-22)25-16(17)21-6-10(9-4-2-3-5-9)12-14(18)19-8-20-15(12)21;1-16(23)12(22)10(5-21)25-15(16)20-4-9(8-2-3-24-6-8)11-13(17)18-7-19-14(11)20;1-16(23)12(22)10(5-21)24-15(16)20-4-9(8-2-3-25-6-8)11-13(17)18-7-19-14(11)20/h2-7,9,14,16,19,25-27H,8H2,1H3,(H2,21,22,23);2*2-4,6,8,11,13,16,22-24H,5,7H2,1H3,(H2,18,19,20);2*2-4,6-7,10,12,15,21-23H,5H2,1H3,(H2,17,18,19)/t14-,16?,19-,20-;2*11-,13?,16-,17-;2*10-,12?,15-,16-/m11111/s1. The van der Waals surface area contributed by atoms with Crippen molar-refractivity contribution in [2.45, 2.75) is 168 Å². The number of allylic oxidation sites excluding steroid dienone is 8. The van der Waals surface area contributed by atoms with Crippen molar-refractivity contribution in [1.29, 1.82) is 0 Å². The molecule has 5 fully saturated rings. The van der Waals surface area contributed by atoms with Gasteiger partial charge in [0.2, 0.25) is 0 Å². The third kappa shape index (κ3) is 15.2. The van der Waals surface area contributed by atoms with Crippen LogP contribution in [0.2, 0.25) is 0 Å². The third-order valence-corrected chi connectivity index (χ3v) is 25.4. The zero-order chi connectivity index (χ0) is 91.4. The van der Waals surface area contributed by atoms with Crippen LogP contribution >= 0.6 is 11.3 Å². The maximum absolute atomic E-state index is 10.9. The molecule has 129 heavy (non-hydrogen) atoms. The van der Waals surface area contributed by atoms with Gasteiger partial charge in [-0.05, 0) is 99.2 Å². The predicted octanol–water partition coefficient (Wildman–Crippen LogP) is 3.16. The van der Waals surface area contributed by atoms with E-state index in [9.17, 15) is 76.6 Å². The predicted molar refractivity (Wildman–Crippen MR) is 468 cm³/mol. The number of rotatable bonds is 15. The molecule has 1 aromatic carbocycles. The number of thiophene rings is 1. The maximum Gasteiger partial charge on any atom is 0.167 e. The van der Waals surface area contributed by atoms with E-state index >= 15 is 0 Å². The smallest absolute Gasteiger partial charge is 0.167 e. The van der Waals surface area contributed by atoms with Crippen LogP contribution in [0.4, 0.5) is 29.1 Å². The minimum Gasteiger partial charge on any atom is -0.472 e. The molecule has 0 bridgehead atoms. The molecule has 14 aromatic rings. The number of aromatic nitrogens is 15. The molecular weight excluding hydrogens is 1700 g/mol. The fraction of sp³-hybridized carbons (Fsp3) is 0.372. The van der Waals surface area contributed by atoms with Gasteiger partial charge >= 0.3 is 0 Å². The molecule has 0 radical (unpaired) electrons. The lowest BCUT2D eigenvalue weighted by atomic mass is 9.96. The summed E-state index contributed by atoms with van der Waals surface area (Å²) in [5.74, 6) is 2.08. The van der Waals surface area contributed by atoms with Crippen molar-refractivity contribution in [2.24, 2.45) is 0 Å². The molecule has 25 N–H and O–H groups in total. The molecule has 0 saturated carbocycles. The Bertz CT molecular complexity index is 6280. The van der Waals surface area contributed by atoms with Gasteiger partial charge in [0.25, 0.3) is 0 Å². The van der Waals surface area contributed by atoms with E-state index in [1.807, 2.05) is 83.6 Å². The van der Waals surface area contributed by atoms with Gasteiger partial charge in [-0.1, -0.05) is 54.7 Å². The highest BCUT2D eigenvalue weighted by molar-refractivity contribution is 7.08. The van der Waals surface area contributed by atoms with Gasteiger partial charge in [-0.25, -0.2) is 49.8 Å². The normalized spacial score (nSPS) is 29.9. The van der Waals surface area contributed by atoms with E-state index < -0.39 is 153 Å². The fourth-order valence-corrected chi connectivity index (χ4v) is 18.4. The van der Waals surface area contributed by atoms with Crippen molar-refractivity contribution < 1.29 is 109 Å². The summed E-state index contributed by atoms with van der Waals surface area (Å²) in [6, 6.07) is 13.2. The first kappa shape index (κ1) is 89.0. The minimum atomic E-state index is -1.66. The zero-order valence-corrected chi connectivity index (χ0v) is 70.6. The topological polar surface area (TPSA) is 660 Å². The molecule has 20 atom stereocenters. The number of benzene rings is 1. The number of anilines is 5. The van der Waals surface area contributed by atoms with E-state index in [-0.39, 0.29) is 11.6 Å². The summed E-state index contributed by atoms with van der Waals surface area (Å²) >= 11 is 1.55. The first-order chi connectivity index (χ1) is 61.7. The summed E-state index contributed by atoms with van der Waals surface area (Å²) < 4.78 is 47.9. The number of hydrogen-bond acceptors (Lipinski definition) is 38. The second-order valence-corrected chi connectivity index (χ2v) is 34.0. The van der Waals surface area contributed by atoms with Gasteiger partial charge in [0, 0.05) is 69.8 Å². The molecule has 0 spiro atoms.